The van der Waals surface area contributed by atoms with Gasteiger partial charge in [-0.1, -0.05) is 19.9 Å². The normalized spacial score (nSPS) is 16.9. The maximum Gasteiger partial charge on any atom is 0.216 e. The average Bonchev–Trinajstić information content (AvgIpc) is 3.05. The number of hydrogen-bond acceptors (Lipinski definition) is 3. The fourth-order valence-electron chi connectivity index (χ4n) is 3.48. The highest BCUT2D eigenvalue weighted by atomic mass is 19.1. The summed E-state index contributed by atoms with van der Waals surface area (Å²) in [6.45, 7) is 4.98. The van der Waals surface area contributed by atoms with E-state index in [1.807, 2.05) is 13.1 Å². The highest BCUT2D eigenvalue weighted by Gasteiger charge is 2.25. The van der Waals surface area contributed by atoms with E-state index >= 15 is 0 Å². The number of fused-ring (bicyclic) bond motifs is 1. The zero-order chi connectivity index (χ0) is 16.6. The SMILES string of the molecule is COc1c(CN[C@H]2CCc3cc(F)ccc32)c(C(C)C)nn1C. The predicted octanol–water partition coefficient (Wildman–Crippen LogP) is 3.47. The Kier molecular flexibility index (Phi) is 4.39. The third-order valence-electron chi connectivity index (χ3n) is 4.57. The molecule has 0 saturated heterocycles. The molecule has 0 amide bonds. The number of halogens is 1. The van der Waals surface area contributed by atoms with Gasteiger partial charge in [-0.05, 0) is 42.0 Å². The number of aromatic nitrogens is 2. The molecule has 1 atom stereocenters. The van der Waals surface area contributed by atoms with E-state index < -0.39 is 0 Å². The van der Waals surface area contributed by atoms with Crippen molar-refractivity contribution in [3.8, 4) is 5.88 Å². The Morgan fingerprint density at radius 3 is 2.91 bits per heavy atom. The number of hydrogen-bond donors (Lipinski definition) is 1. The molecule has 5 heteroatoms. The van der Waals surface area contributed by atoms with Crippen molar-refractivity contribution in [3.63, 3.8) is 0 Å². The quantitative estimate of drug-likeness (QED) is 0.918. The smallest absolute Gasteiger partial charge is 0.216 e. The molecule has 0 saturated carbocycles. The Morgan fingerprint density at radius 1 is 1.43 bits per heavy atom. The van der Waals surface area contributed by atoms with E-state index in [9.17, 15) is 4.39 Å². The summed E-state index contributed by atoms with van der Waals surface area (Å²) in [6, 6.07) is 5.36. The van der Waals surface area contributed by atoms with Crippen LogP contribution in [-0.4, -0.2) is 16.9 Å². The van der Waals surface area contributed by atoms with Gasteiger partial charge in [0.25, 0.3) is 0 Å². The van der Waals surface area contributed by atoms with E-state index in [0.29, 0.717) is 12.5 Å². The summed E-state index contributed by atoms with van der Waals surface area (Å²) < 4.78 is 20.6. The maximum absolute atomic E-state index is 13.3. The number of benzene rings is 1. The molecule has 1 aliphatic carbocycles. The second-order valence-corrected chi connectivity index (χ2v) is 6.47. The molecule has 0 radical (unpaired) electrons. The Morgan fingerprint density at radius 2 is 2.22 bits per heavy atom. The molecular formula is C18H24FN3O. The molecule has 124 valence electrons. The van der Waals surface area contributed by atoms with Crippen LogP contribution in [0.4, 0.5) is 4.39 Å². The number of ether oxygens (including phenoxy) is 1. The van der Waals surface area contributed by atoms with Crippen molar-refractivity contribution in [2.24, 2.45) is 7.05 Å². The van der Waals surface area contributed by atoms with Crippen LogP contribution in [0.3, 0.4) is 0 Å². The van der Waals surface area contributed by atoms with Crippen LogP contribution in [0, 0.1) is 5.82 Å². The van der Waals surface area contributed by atoms with Gasteiger partial charge in [-0.2, -0.15) is 5.10 Å². The fourth-order valence-corrected chi connectivity index (χ4v) is 3.48. The topological polar surface area (TPSA) is 39.1 Å². The molecule has 2 aromatic rings. The van der Waals surface area contributed by atoms with Crippen molar-refractivity contribution in [2.75, 3.05) is 7.11 Å². The van der Waals surface area contributed by atoms with E-state index in [2.05, 4.69) is 24.3 Å². The van der Waals surface area contributed by atoms with Gasteiger partial charge < -0.3 is 10.1 Å². The van der Waals surface area contributed by atoms with Gasteiger partial charge in [0.05, 0.1) is 18.4 Å². The molecule has 1 N–H and O–H groups in total. The number of rotatable bonds is 5. The lowest BCUT2D eigenvalue weighted by atomic mass is 10.0. The van der Waals surface area contributed by atoms with Gasteiger partial charge in [0, 0.05) is 19.6 Å². The van der Waals surface area contributed by atoms with Crippen LogP contribution in [0.25, 0.3) is 0 Å². The summed E-state index contributed by atoms with van der Waals surface area (Å²) in [5.41, 5.74) is 4.50. The second-order valence-electron chi connectivity index (χ2n) is 6.47. The first-order valence-electron chi connectivity index (χ1n) is 8.12. The number of nitrogens with one attached hydrogen (secondary N) is 1. The summed E-state index contributed by atoms with van der Waals surface area (Å²) in [5, 5.41) is 8.19. The van der Waals surface area contributed by atoms with Gasteiger partial charge in [-0.15, -0.1) is 0 Å². The third-order valence-corrected chi connectivity index (χ3v) is 4.57. The number of nitrogens with zero attached hydrogens (tertiary/aromatic N) is 2. The lowest BCUT2D eigenvalue weighted by molar-refractivity contribution is 0.366. The minimum atomic E-state index is -0.152. The fraction of sp³-hybridized carbons (Fsp3) is 0.500. The van der Waals surface area contributed by atoms with Crippen LogP contribution in [0.2, 0.25) is 0 Å². The van der Waals surface area contributed by atoms with Crippen molar-refractivity contribution in [3.05, 3.63) is 46.4 Å². The third kappa shape index (κ3) is 2.98. The van der Waals surface area contributed by atoms with Gasteiger partial charge >= 0.3 is 0 Å². The van der Waals surface area contributed by atoms with Crippen LogP contribution in [0.5, 0.6) is 5.88 Å². The Bertz CT molecular complexity index is 709. The average molecular weight is 317 g/mol. The molecule has 1 aromatic heterocycles. The molecular weight excluding hydrogens is 293 g/mol. The zero-order valence-corrected chi connectivity index (χ0v) is 14.2. The highest BCUT2D eigenvalue weighted by molar-refractivity contribution is 5.37. The van der Waals surface area contributed by atoms with Crippen molar-refractivity contribution in [1.29, 1.82) is 0 Å². The van der Waals surface area contributed by atoms with Crippen molar-refractivity contribution >= 4 is 0 Å². The highest BCUT2D eigenvalue weighted by Crippen LogP contribution is 2.33. The van der Waals surface area contributed by atoms with Crippen molar-refractivity contribution in [1.82, 2.24) is 15.1 Å². The maximum atomic E-state index is 13.3. The van der Waals surface area contributed by atoms with Crippen LogP contribution >= 0.6 is 0 Å². The predicted molar refractivity (Wildman–Crippen MR) is 88.2 cm³/mol. The minimum Gasteiger partial charge on any atom is -0.481 e. The Balaban J connectivity index is 1.80. The molecule has 23 heavy (non-hydrogen) atoms. The summed E-state index contributed by atoms with van der Waals surface area (Å²) >= 11 is 0. The summed E-state index contributed by atoms with van der Waals surface area (Å²) in [6.07, 6.45) is 1.92. The van der Waals surface area contributed by atoms with Crippen LogP contribution in [0.1, 0.15) is 54.6 Å². The Hall–Kier alpha value is -1.88. The van der Waals surface area contributed by atoms with Crippen molar-refractivity contribution < 1.29 is 9.13 Å². The molecule has 0 bridgehead atoms. The molecule has 1 aromatic carbocycles. The first kappa shape index (κ1) is 16.0. The van der Waals surface area contributed by atoms with Gasteiger partial charge in [0.1, 0.15) is 5.82 Å². The summed E-state index contributed by atoms with van der Waals surface area (Å²) in [7, 11) is 3.58. The molecule has 0 aliphatic heterocycles. The van der Waals surface area contributed by atoms with Crippen LogP contribution in [-0.2, 0) is 20.0 Å². The molecule has 1 aliphatic rings. The van der Waals surface area contributed by atoms with Crippen LogP contribution < -0.4 is 10.1 Å². The molecule has 0 fully saturated rings. The lowest BCUT2D eigenvalue weighted by Crippen LogP contribution is -2.19. The molecule has 3 rings (SSSR count). The molecule has 4 nitrogen and oxygen atoms in total. The standard InChI is InChI=1S/C18H24FN3O/c1-11(2)17-15(18(23-4)22(3)21-17)10-20-16-8-5-12-9-13(19)6-7-14(12)16/h6-7,9,11,16,20H,5,8,10H2,1-4H3/t16-/m0/s1. The first-order valence-corrected chi connectivity index (χ1v) is 8.12. The molecule has 0 unspecified atom stereocenters. The number of aryl methyl sites for hydroxylation is 2. The van der Waals surface area contributed by atoms with Crippen LogP contribution in [0.15, 0.2) is 18.2 Å². The zero-order valence-electron chi connectivity index (χ0n) is 14.2. The number of methoxy groups -OCH3 is 1. The summed E-state index contributed by atoms with van der Waals surface area (Å²) in [5.74, 6) is 0.991. The van der Waals surface area contributed by atoms with E-state index in [4.69, 9.17) is 4.74 Å². The van der Waals surface area contributed by atoms with Gasteiger partial charge in [0.15, 0.2) is 0 Å². The minimum absolute atomic E-state index is 0.152. The van der Waals surface area contributed by atoms with E-state index in [1.165, 1.54) is 5.56 Å². The lowest BCUT2D eigenvalue weighted by Gasteiger charge is -2.15. The monoisotopic (exact) mass is 317 g/mol. The van der Waals surface area contributed by atoms with E-state index in [-0.39, 0.29) is 11.9 Å². The first-order chi connectivity index (χ1) is 11.0. The van der Waals surface area contributed by atoms with Gasteiger partial charge in [-0.3, -0.25) is 0 Å². The molecule has 0 spiro atoms. The van der Waals surface area contributed by atoms with E-state index in [0.717, 1.165) is 35.5 Å². The second kappa shape index (κ2) is 6.32. The van der Waals surface area contributed by atoms with E-state index in [1.54, 1.807) is 23.9 Å². The largest absolute Gasteiger partial charge is 0.481 e. The Labute approximate surface area is 136 Å². The van der Waals surface area contributed by atoms with Gasteiger partial charge in [0.2, 0.25) is 5.88 Å². The van der Waals surface area contributed by atoms with Gasteiger partial charge in [-0.25, -0.2) is 9.07 Å². The van der Waals surface area contributed by atoms with Crippen molar-refractivity contribution in [2.45, 2.75) is 45.2 Å². The summed E-state index contributed by atoms with van der Waals surface area (Å²) in [4.78, 5) is 0. The molecule has 1 heterocycles.